The molecule has 2 atom stereocenters. The number of amides is 1. The summed E-state index contributed by atoms with van der Waals surface area (Å²) in [5, 5.41) is 12.6. The lowest BCUT2D eigenvalue weighted by atomic mass is 9.98. The molecule has 2 aliphatic heterocycles. The summed E-state index contributed by atoms with van der Waals surface area (Å²) in [7, 11) is 0. The zero-order valence-corrected chi connectivity index (χ0v) is 17.2. The van der Waals surface area contributed by atoms with E-state index >= 15 is 0 Å². The van der Waals surface area contributed by atoms with Gasteiger partial charge in [0.05, 0.1) is 18.8 Å². The number of carbonyl (C=O) groups excluding carboxylic acids is 1. The molecule has 2 heterocycles. The molecule has 0 radical (unpaired) electrons. The van der Waals surface area contributed by atoms with Crippen molar-refractivity contribution in [1.82, 2.24) is 10.2 Å². The van der Waals surface area contributed by atoms with Crippen molar-refractivity contribution in [2.45, 2.75) is 30.8 Å². The van der Waals surface area contributed by atoms with Crippen molar-refractivity contribution in [2.75, 3.05) is 50.8 Å². The number of hydrogen-bond donors (Lipinski definition) is 2. The molecule has 2 fully saturated rings. The second-order valence-electron chi connectivity index (χ2n) is 7.85. The molecule has 10 heteroatoms. The number of benzene rings is 1. The number of nitrogens with zero attached hydrogens (tertiary/aromatic N) is 2. The van der Waals surface area contributed by atoms with Gasteiger partial charge in [-0.15, -0.1) is 19.8 Å². The predicted molar refractivity (Wildman–Crippen MR) is 109 cm³/mol. The summed E-state index contributed by atoms with van der Waals surface area (Å²) in [6, 6.07) is 5.48. The second kappa shape index (κ2) is 9.88. The van der Waals surface area contributed by atoms with Crippen LogP contribution in [0.4, 0.5) is 18.9 Å². The van der Waals surface area contributed by atoms with Crippen molar-refractivity contribution in [3.63, 3.8) is 0 Å². The molecule has 1 aromatic carbocycles. The lowest BCUT2D eigenvalue weighted by molar-refractivity contribution is -0.274. The summed E-state index contributed by atoms with van der Waals surface area (Å²) >= 11 is 0. The molecule has 2 saturated heterocycles. The molecule has 172 valence electrons. The minimum atomic E-state index is -4.72. The van der Waals surface area contributed by atoms with Gasteiger partial charge in [-0.2, -0.15) is 0 Å². The quantitative estimate of drug-likeness (QED) is 0.598. The Bertz CT molecular complexity index is 759. The number of alkyl halides is 3. The molecule has 2 N–H and O–H groups in total. The van der Waals surface area contributed by atoms with E-state index in [1.807, 2.05) is 0 Å². The molecular weight excluding hydrogens is 415 g/mol. The van der Waals surface area contributed by atoms with Crippen LogP contribution in [0.15, 0.2) is 36.9 Å². The highest BCUT2D eigenvalue weighted by molar-refractivity contribution is 5.76. The Hall–Kier alpha value is -2.30. The molecule has 1 aromatic rings. The average Bonchev–Trinajstić information content (AvgIpc) is 3.12. The molecule has 3 rings (SSSR count). The van der Waals surface area contributed by atoms with Crippen LogP contribution < -0.4 is 15.0 Å². The Balaban J connectivity index is 1.60. The molecule has 2 unspecified atom stereocenters. The number of nitrogens with one attached hydrogen (secondary N) is 1. The zero-order valence-electron chi connectivity index (χ0n) is 17.2. The SMILES string of the molecule is C=CCNC(=O)CC(CO)N1CCOC2(CCN(c3ccc(OC(F)(F)F)cc3)C2)C1. The highest BCUT2D eigenvalue weighted by Crippen LogP contribution is 2.34. The maximum atomic E-state index is 12.4. The van der Waals surface area contributed by atoms with Gasteiger partial charge < -0.3 is 24.8 Å². The lowest BCUT2D eigenvalue weighted by Gasteiger charge is -2.43. The number of aliphatic hydroxyl groups excluding tert-OH is 1. The third kappa shape index (κ3) is 6.34. The molecule has 0 aliphatic carbocycles. The van der Waals surface area contributed by atoms with Crippen molar-refractivity contribution in [3.8, 4) is 5.75 Å². The number of anilines is 1. The van der Waals surface area contributed by atoms with Gasteiger partial charge in [0, 0.05) is 50.9 Å². The standard InChI is InChI=1S/C21H28F3N3O4/c1-2-8-25-19(29)12-17(13-28)27-10-11-30-20(15-27)7-9-26(14-20)16-3-5-18(6-4-16)31-21(22,23)24/h2-6,17,28H,1,7-15H2,(H,25,29). The average molecular weight is 443 g/mol. The molecule has 0 aromatic heterocycles. The Morgan fingerprint density at radius 3 is 2.71 bits per heavy atom. The van der Waals surface area contributed by atoms with Gasteiger partial charge in [-0.3, -0.25) is 9.69 Å². The zero-order chi connectivity index (χ0) is 22.5. The molecule has 0 bridgehead atoms. The van der Waals surface area contributed by atoms with E-state index in [2.05, 4.69) is 26.4 Å². The number of rotatable bonds is 8. The monoisotopic (exact) mass is 443 g/mol. The van der Waals surface area contributed by atoms with Crippen LogP contribution in [0.2, 0.25) is 0 Å². The van der Waals surface area contributed by atoms with Crippen LogP contribution in [-0.4, -0.2) is 79.9 Å². The van der Waals surface area contributed by atoms with E-state index in [0.717, 1.165) is 12.1 Å². The summed E-state index contributed by atoms with van der Waals surface area (Å²) < 4.78 is 47.1. The fraction of sp³-hybridized carbons (Fsp3) is 0.571. The third-order valence-corrected chi connectivity index (χ3v) is 5.62. The minimum absolute atomic E-state index is 0.137. The van der Waals surface area contributed by atoms with Crippen LogP contribution in [0.1, 0.15) is 12.8 Å². The predicted octanol–water partition coefficient (Wildman–Crippen LogP) is 1.92. The van der Waals surface area contributed by atoms with Gasteiger partial charge in [-0.05, 0) is 30.7 Å². The fourth-order valence-electron chi connectivity index (χ4n) is 4.14. The van der Waals surface area contributed by atoms with Crippen molar-refractivity contribution < 1.29 is 32.5 Å². The van der Waals surface area contributed by atoms with Gasteiger partial charge in [0.1, 0.15) is 5.75 Å². The normalized spacial score (nSPS) is 23.0. The van der Waals surface area contributed by atoms with Crippen molar-refractivity contribution in [1.29, 1.82) is 0 Å². The van der Waals surface area contributed by atoms with E-state index in [1.165, 1.54) is 12.1 Å². The summed E-state index contributed by atoms with van der Waals surface area (Å²) in [6.45, 7) is 6.75. The first-order valence-electron chi connectivity index (χ1n) is 10.2. The van der Waals surface area contributed by atoms with Crippen LogP contribution in [0.5, 0.6) is 5.75 Å². The van der Waals surface area contributed by atoms with E-state index in [9.17, 15) is 23.1 Å². The van der Waals surface area contributed by atoms with Crippen molar-refractivity contribution in [3.05, 3.63) is 36.9 Å². The van der Waals surface area contributed by atoms with Gasteiger partial charge in [0.25, 0.3) is 0 Å². The lowest BCUT2D eigenvalue weighted by Crippen LogP contribution is -2.57. The molecule has 0 saturated carbocycles. The molecule has 31 heavy (non-hydrogen) atoms. The van der Waals surface area contributed by atoms with Crippen LogP contribution in [-0.2, 0) is 9.53 Å². The maximum absolute atomic E-state index is 12.4. The number of carbonyl (C=O) groups is 1. The highest BCUT2D eigenvalue weighted by Gasteiger charge is 2.44. The summed E-state index contributed by atoms with van der Waals surface area (Å²) in [5.41, 5.74) is 0.333. The maximum Gasteiger partial charge on any atom is 0.573 e. The number of aliphatic hydroxyl groups is 1. The van der Waals surface area contributed by atoms with Crippen LogP contribution >= 0.6 is 0 Å². The molecular formula is C21H28F3N3O4. The number of ether oxygens (including phenoxy) is 2. The Kier molecular flexibility index (Phi) is 7.45. The Labute approximate surface area is 179 Å². The molecule has 7 nitrogen and oxygen atoms in total. The van der Waals surface area contributed by atoms with Crippen LogP contribution in [0.25, 0.3) is 0 Å². The molecule has 1 amide bonds. The van der Waals surface area contributed by atoms with E-state index in [4.69, 9.17) is 4.74 Å². The van der Waals surface area contributed by atoms with Gasteiger partial charge in [0.15, 0.2) is 0 Å². The van der Waals surface area contributed by atoms with Crippen molar-refractivity contribution in [2.24, 2.45) is 0 Å². The van der Waals surface area contributed by atoms with Crippen molar-refractivity contribution >= 4 is 11.6 Å². The Morgan fingerprint density at radius 1 is 1.32 bits per heavy atom. The number of hydrogen-bond acceptors (Lipinski definition) is 6. The summed E-state index contributed by atoms with van der Waals surface area (Å²) in [5.74, 6) is -0.403. The fourth-order valence-corrected chi connectivity index (χ4v) is 4.14. The third-order valence-electron chi connectivity index (χ3n) is 5.62. The Morgan fingerprint density at radius 2 is 2.06 bits per heavy atom. The van der Waals surface area contributed by atoms with E-state index in [1.54, 1.807) is 18.2 Å². The van der Waals surface area contributed by atoms with E-state index < -0.39 is 12.0 Å². The second-order valence-corrected chi connectivity index (χ2v) is 7.85. The smallest absolute Gasteiger partial charge is 0.406 e. The summed E-state index contributed by atoms with van der Waals surface area (Å²) in [4.78, 5) is 16.2. The van der Waals surface area contributed by atoms with Crippen LogP contribution in [0.3, 0.4) is 0 Å². The van der Waals surface area contributed by atoms with Gasteiger partial charge in [-0.25, -0.2) is 0 Å². The first-order valence-corrected chi connectivity index (χ1v) is 10.2. The van der Waals surface area contributed by atoms with Gasteiger partial charge in [-0.1, -0.05) is 6.08 Å². The topological polar surface area (TPSA) is 74.3 Å². The number of halogens is 3. The first-order chi connectivity index (χ1) is 14.7. The van der Waals surface area contributed by atoms with E-state index in [0.29, 0.717) is 39.3 Å². The molecule has 1 spiro atoms. The van der Waals surface area contributed by atoms with Gasteiger partial charge >= 0.3 is 6.36 Å². The first kappa shape index (κ1) is 23.4. The van der Waals surface area contributed by atoms with Gasteiger partial charge in [0.2, 0.25) is 5.91 Å². The van der Waals surface area contributed by atoms with Crippen LogP contribution in [0, 0.1) is 0 Å². The summed E-state index contributed by atoms with van der Waals surface area (Å²) in [6.07, 6.45) is -2.19. The number of morpholine rings is 1. The largest absolute Gasteiger partial charge is 0.573 e. The molecule has 2 aliphatic rings. The minimum Gasteiger partial charge on any atom is -0.406 e. The highest BCUT2D eigenvalue weighted by atomic mass is 19.4. The van der Waals surface area contributed by atoms with E-state index in [-0.39, 0.29) is 30.7 Å².